The number of amides is 1. The first-order valence-electron chi connectivity index (χ1n) is 19.0. The Balaban J connectivity index is 1.32. The lowest BCUT2D eigenvalue weighted by molar-refractivity contribution is -0.123. The highest BCUT2D eigenvalue weighted by Gasteiger charge is 2.67. The minimum absolute atomic E-state index is 0.00429. The van der Waals surface area contributed by atoms with Crippen molar-refractivity contribution in [1.82, 2.24) is 39.4 Å². The van der Waals surface area contributed by atoms with Crippen molar-refractivity contribution in [1.29, 1.82) is 0 Å². The van der Waals surface area contributed by atoms with Crippen LogP contribution in [0.15, 0.2) is 47.3 Å². The molecular formula is C39H36ClF7N10O4S. The SMILES string of the molecule is Cn1nc(NS(C)(=O)=O)c2c(Cl)ccc(-n3c([C@H](Cc4cc(F)cc(F)c4)NC(=O)Cn4nc(C(F)F)c5c4C(F)(F)[C@@H]4C[C@H]54)nc4nc(NCCC(C)(C)F)ccc4c3=O)c21. The molecule has 3 atom stereocenters. The first-order valence-corrected chi connectivity index (χ1v) is 21.3. The molecule has 23 heteroatoms. The molecule has 0 aliphatic heterocycles. The van der Waals surface area contributed by atoms with Gasteiger partial charge in [0.15, 0.2) is 11.5 Å². The molecule has 8 rings (SSSR count). The molecule has 0 unspecified atom stereocenters. The van der Waals surface area contributed by atoms with E-state index in [0.29, 0.717) is 10.7 Å². The van der Waals surface area contributed by atoms with Crippen molar-refractivity contribution < 1.29 is 43.9 Å². The Morgan fingerprint density at radius 1 is 1.06 bits per heavy atom. The van der Waals surface area contributed by atoms with E-state index in [9.17, 15) is 40.0 Å². The molecule has 0 bridgehead atoms. The van der Waals surface area contributed by atoms with Gasteiger partial charge in [0, 0.05) is 37.6 Å². The molecule has 2 aromatic carbocycles. The number of anilines is 2. The zero-order chi connectivity index (χ0) is 44.8. The number of sulfonamides is 1. The van der Waals surface area contributed by atoms with E-state index in [2.05, 4.69) is 30.5 Å². The summed E-state index contributed by atoms with van der Waals surface area (Å²) in [5.74, 6) is -9.12. The lowest BCUT2D eigenvalue weighted by Gasteiger charge is -2.24. The second kappa shape index (κ2) is 15.2. The van der Waals surface area contributed by atoms with Gasteiger partial charge < -0.3 is 10.6 Å². The number of carbonyl (C=O) groups excluding carboxylic acids is 1. The van der Waals surface area contributed by atoms with Crippen LogP contribution in [-0.4, -0.2) is 66.9 Å². The van der Waals surface area contributed by atoms with Gasteiger partial charge in [0.25, 0.3) is 17.9 Å². The molecule has 1 saturated carbocycles. The van der Waals surface area contributed by atoms with E-state index in [4.69, 9.17) is 16.6 Å². The maximum absolute atomic E-state index is 15.5. The van der Waals surface area contributed by atoms with Crippen LogP contribution in [0.3, 0.4) is 0 Å². The van der Waals surface area contributed by atoms with Crippen molar-refractivity contribution in [3.63, 3.8) is 0 Å². The molecule has 0 saturated heterocycles. The molecule has 2 aliphatic rings. The summed E-state index contributed by atoms with van der Waals surface area (Å²) in [5.41, 5.74) is -4.59. The number of hydrogen-bond donors (Lipinski definition) is 3. The number of benzene rings is 2. The van der Waals surface area contributed by atoms with Crippen LogP contribution in [0, 0.1) is 17.6 Å². The lowest BCUT2D eigenvalue weighted by atomic mass is 10.0. The number of halogens is 8. The number of nitrogens with zero attached hydrogens (tertiary/aromatic N) is 7. The van der Waals surface area contributed by atoms with Gasteiger partial charge in [0.05, 0.1) is 39.3 Å². The maximum Gasteiger partial charge on any atom is 0.293 e. The Morgan fingerprint density at radius 3 is 2.44 bits per heavy atom. The van der Waals surface area contributed by atoms with Crippen molar-refractivity contribution in [2.45, 2.75) is 69.6 Å². The van der Waals surface area contributed by atoms with Crippen molar-refractivity contribution in [2.75, 3.05) is 22.8 Å². The summed E-state index contributed by atoms with van der Waals surface area (Å²) in [6.45, 7) is 1.88. The largest absolute Gasteiger partial charge is 0.370 e. The van der Waals surface area contributed by atoms with Gasteiger partial charge in [0.1, 0.15) is 46.9 Å². The van der Waals surface area contributed by atoms with Crippen LogP contribution in [0.25, 0.3) is 27.6 Å². The topological polar surface area (TPSA) is 171 Å². The highest BCUT2D eigenvalue weighted by Crippen LogP contribution is 2.68. The molecule has 6 aromatic rings. The fourth-order valence-electron chi connectivity index (χ4n) is 8.05. The molecule has 4 heterocycles. The Kier molecular flexibility index (Phi) is 10.5. The van der Waals surface area contributed by atoms with E-state index < -0.39 is 93.4 Å². The van der Waals surface area contributed by atoms with E-state index >= 15 is 8.78 Å². The van der Waals surface area contributed by atoms with Crippen molar-refractivity contribution in [3.8, 4) is 5.69 Å². The van der Waals surface area contributed by atoms with Crippen LogP contribution in [0.1, 0.15) is 73.4 Å². The molecule has 62 heavy (non-hydrogen) atoms. The second-order valence-corrected chi connectivity index (χ2v) is 18.1. The molecule has 3 N–H and O–H groups in total. The van der Waals surface area contributed by atoms with Gasteiger partial charge in [-0.2, -0.15) is 19.0 Å². The number of alkyl halides is 5. The Morgan fingerprint density at radius 2 is 1.77 bits per heavy atom. The van der Waals surface area contributed by atoms with Crippen LogP contribution < -0.4 is 20.9 Å². The van der Waals surface area contributed by atoms with Crippen molar-refractivity contribution in [2.24, 2.45) is 13.0 Å². The third-order valence-electron chi connectivity index (χ3n) is 10.7. The zero-order valence-electron chi connectivity index (χ0n) is 33.1. The molecule has 0 radical (unpaired) electrons. The predicted molar refractivity (Wildman–Crippen MR) is 214 cm³/mol. The number of aryl methyl sites for hydroxylation is 1. The van der Waals surface area contributed by atoms with E-state index in [1.807, 2.05) is 0 Å². The predicted octanol–water partition coefficient (Wildman–Crippen LogP) is 6.96. The average Bonchev–Trinajstić information content (AvgIpc) is 3.69. The fraction of sp³-hybridized carbons (Fsp3) is 0.385. The summed E-state index contributed by atoms with van der Waals surface area (Å²) >= 11 is 6.60. The van der Waals surface area contributed by atoms with Crippen molar-refractivity contribution in [3.05, 3.63) is 97.8 Å². The van der Waals surface area contributed by atoms with Gasteiger partial charge >= 0.3 is 0 Å². The average molecular weight is 909 g/mol. The molecule has 1 amide bonds. The molecule has 4 aromatic heterocycles. The standard InChI is InChI=1S/C39H36ClF7N10O4S/c1-38(2,45)9-10-48-26-8-5-20-34(50-26)51-36(57(37(20)59)25-7-6-23(40)29-31(25)55(3)53-35(29)54-62(4,60)61)24(13-17-11-18(41)14-19(42)12-17)49-27(58)16-56-32-28(30(52-56)33(43)44)21-15-22(21)39(32,46)47/h5-8,11-12,14,21-22,24,33H,9-10,13,15-16H2,1-4H3,(H,48,50)(H,49,58)(H,53,54)/t21-,22+,24-/m0/s1. The van der Waals surface area contributed by atoms with Crippen molar-refractivity contribution >= 4 is 61.1 Å². The number of pyridine rings is 1. The lowest BCUT2D eigenvalue weighted by Crippen LogP contribution is -2.38. The van der Waals surface area contributed by atoms with Crippen LogP contribution in [0.5, 0.6) is 0 Å². The fourth-order valence-corrected chi connectivity index (χ4v) is 8.78. The number of fused-ring (bicyclic) bond motifs is 5. The van der Waals surface area contributed by atoms with Gasteiger partial charge in [-0.3, -0.25) is 28.2 Å². The minimum atomic E-state index is -3.93. The van der Waals surface area contributed by atoms with E-state index in [1.165, 1.54) is 49.8 Å². The highest BCUT2D eigenvalue weighted by atomic mass is 35.5. The monoisotopic (exact) mass is 908 g/mol. The Hall–Kier alpha value is -5.77. The van der Waals surface area contributed by atoms with E-state index in [-0.39, 0.29) is 80.6 Å². The Bertz CT molecular complexity index is 2970. The molecule has 14 nitrogen and oxygen atoms in total. The minimum Gasteiger partial charge on any atom is -0.370 e. The summed E-state index contributed by atoms with van der Waals surface area (Å²) < 4.78 is 133. The molecule has 0 spiro atoms. The third kappa shape index (κ3) is 8.04. The van der Waals surface area contributed by atoms with E-state index in [1.54, 1.807) is 0 Å². The van der Waals surface area contributed by atoms with Gasteiger partial charge in [-0.05, 0) is 74.6 Å². The Labute approximate surface area is 352 Å². The molecule has 1 fully saturated rings. The molecule has 2 aliphatic carbocycles. The first-order chi connectivity index (χ1) is 29.0. The zero-order valence-corrected chi connectivity index (χ0v) is 34.7. The van der Waals surface area contributed by atoms with Crippen LogP contribution in [0.4, 0.5) is 42.4 Å². The summed E-state index contributed by atoms with van der Waals surface area (Å²) in [4.78, 5) is 38.1. The first kappa shape index (κ1) is 42.9. The quantitative estimate of drug-likeness (QED) is 0.0978. The van der Waals surface area contributed by atoms with Gasteiger partial charge in [-0.25, -0.2) is 40.3 Å². The summed E-state index contributed by atoms with van der Waals surface area (Å²) in [6.07, 6.45) is -2.79. The number of carbonyl (C=O) groups is 1. The van der Waals surface area contributed by atoms with Crippen LogP contribution >= 0.6 is 11.6 Å². The normalized spacial score (nSPS) is 17.4. The smallest absolute Gasteiger partial charge is 0.293 e. The molecular weight excluding hydrogens is 873 g/mol. The number of aromatic nitrogens is 7. The number of nitrogens with one attached hydrogen (secondary N) is 3. The van der Waals surface area contributed by atoms with Crippen LogP contribution in [-0.2, 0) is 40.8 Å². The third-order valence-corrected chi connectivity index (χ3v) is 11.6. The summed E-state index contributed by atoms with van der Waals surface area (Å²) in [6, 6.07) is 6.47. The van der Waals surface area contributed by atoms with Gasteiger partial charge in [-0.1, -0.05) is 11.6 Å². The van der Waals surface area contributed by atoms with E-state index in [0.717, 1.165) is 23.0 Å². The highest BCUT2D eigenvalue weighted by molar-refractivity contribution is 7.92. The van der Waals surface area contributed by atoms with Gasteiger partial charge in [-0.15, -0.1) is 0 Å². The van der Waals surface area contributed by atoms with Gasteiger partial charge in [0.2, 0.25) is 15.9 Å². The summed E-state index contributed by atoms with van der Waals surface area (Å²) in [5, 5.41) is 13.5. The second-order valence-electron chi connectivity index (χ2n) is 16.0. The number of hydrogen-bond acceptors (Lipinski definition) is 9. The number of rotatable bonds is 14. The summed E-state index contributed by atoms with van der Waals surface area (Å²) in [7, 11) is -2.50. The molecule has 328 valence electrons. The van der Waals surface area contributed by atoms with Crippen LogP contribution in [0.2, 0.25) is 5.02 Å². The maximum atomic E-state index is 15.5.